The fourth-order valence-electron chi connectivity index (χ4n) is 1.45. The lowest BCUT2D eigenvalue weighted by Crippen LogP contribution is -1.98. The number of methoxy groups -OCH3 is 1. The standard InChI is InChI=1S/C10H9BrO4/c1-5(12)6-3-7-10(15-4-14-7)8(11)9(6)13-2/h3H,4H2,1-2H3. The van der Waals surface area contributed by atoms with Gasteiger partial charge in [-0.25, -0.2) is 0 Å². The van der Waals surface area contributed by atoms with Crippen molar-refractivity contribution in [3.63, 3.8) is 0 Å². The van der Waals surface area contributed by atoms with Crippen molar-refractivity contribution in [3.05, 3.63) is 16.1 Å². The summed E-state index contributed by atoms with van der Waals surface area (Å²) in [7, 11) is 1.51. The third kappa shape index (κ3) is 1.56. The van der Waals surface area contributed by atoms with Crippen molar-refractivity contribution in [2.75, 3.05) is 13.9 Å². The third-order valence-corrected chi connectivity index (χ3v) is 2.86. The van der Waals surface area contributed by atoms with E-state index in [1.54, 1.807) is 6.07 Å². The lowest BCUT2D eigenvalue weighted by molar-refractivity contribution is 0.101. The second-order valence-corrected chi connectivity index (χ2v) is 3.85. The maximum atomic E-state index is 11.4. The minimum atomic E-state index is -0.0779. The van der Waals surface area contributed by atoms with Gasteiger partial charge in [0.2, 0.25) is 6.79 Å². The number of Topliss-reactive ketones (excluding diaryl/α,β-unsaturated/α-hetero) is 1. The number of halogens is 1. The predicted molar refractivity (Wildman–Crippen MR) is 56.8 cm³/mol. The van der Waals surface area contributed by atoms with E-state index in [2.05, 4.69) is 15.9 Å². The van der Waals surface area contributed by atoms with Gasteiger partial charge in [-0.2, -0.15) is 0 Å². The molecule has 0 aliphatic carbocycles. The van der Waals surface area contributed by atoms with Crippen LogP contribution in [0.5, 0.6) is 17.2 Å². The summed E-state index contributed by atoms with van der Waals surface area (Å²) in [6.07, 6.45) is 0. The van der Waals surface area contributed by atoms with Crippen molar-refractivity contribution in [1.29, 1.82) is 0 Å². The van der Waals surface area contributed by atoms with E-state index in [0.29, 0.717) is 27.3 Å². The summed E-state index contributed by atoms with van der Waals surface area (Å²) in [5, 5.41) is 0. The van der Waals surface area contributed by atoms with Crippen LogP contribution in [0, 0.1) is 0 Å². The Balaban J connectivity index is 2.66. The maximum absolute atomic E-state index is 11.4. The van der Waals surface area contributed by atoms with Gasteiger partial charge in [0.05, 0.1) is 12.7 Å². The largest absolute Gasteiger partial charge is 0.495 e. The minimum Gasteiger partial charge on any atom is -0.495 e. The smallest absolute Gasteiger partial charge is 0.231 e. The highest BCUT2D eigenvalue weighted by atomic mass is 79.9. The number of fused-ring (bicyclic) bond motifs is 1. The van der Waals surface area contributed by atoms with Crippen LogP contribution < -0.4 is 14.2 Å². The van der Waals surface area contributed by atoms with E-state index < -0.39 is 0 Å². The van der Waals surface area contributed by atoms with Gasteiger partial charge in [-0.15, -0.1) is 0 Å². The summed E-state index contributed by atoms with van der Waals surface area (Å²) in [6, 6.07) is 1.63. The summed E-state index contributed by atoms with van der Waals surface area (Å²) in [4.78, 5) is 11.4. The molecule has 1 aliphatic heterocycles. The molecule has 0 atom stereocenters. The van der Waals surface area contributed by atoms with Gasteiger partial charge in [0.15, 0.2) is 17.3 Å². The van der Waals surface area contributed by atoms with Gasteiger partial charge >= 0.3 is 0 Å². The van der Waals surface area contributed by atoms with E-state index in [-0.39, 0.29) is 12.6 Å². The number of ketones is 1. The van der Waals surface area contributed by atoms with Gasteiger partial charge in [-0.05, 0) is 28.9 Å². The number of ether oxygens (including phenoxy) is 3. The van der Waals surface area contributed by atoms with Crippen LogP contribution in [0.25, 0.3) is 0 Å². The molecule has 1 heterocycles. The third-order valence-electron chi connectivity index (χ3n) is 2.14. The van der Waals surface area contributed by atoms with E-state index in [9.17, 15) is 4.79 Å². The normalized spacial score (nSPS) is 12.7. The van der Waals surface area contributed by atoms with Crippen LogP contribution in [-0.4, -0.2) is 19.7 Å². The summed E-state index contributed by atoms with van der Waals surface area (Å²) in [6.45, 7) is 1.64. The zero-order valence-corrected chi connectivity index (χ0v) is 9.88. The Kier molecular flexibility index (Phi) is 2.56. The van der Waals surface area contributed by atoms with Crippen LogP contribution in [0.4, 0.5) is 0 Å². The number of carbonyl (C=O) groups excluding carboxylic acids is 1. The van der Waals surface area contributed by atoms with E-state index in [1.807, 2.05) is 0 Å². The monoisotopic (exact) mass is 272 g/mol. The van der Waals surface area contributed by atoms with Crippen LogP contribution in [0.15, 0.2) is 10.5 Å². The van der Waals surface area contributed by atoms with Gasteiger partial charge in [-0.1, -0.05) is 0 Å². The summed E-state index contributed by atoms with van der Waals surface area (Å²) in [5.74, 6) is 1.54. The topological polar surface area (TPSA) is 44.8 Å². The Morgan fingerprint density at radius 1 is 1.53 bits per heavy atom. The van der Waals surface area contributed by atoms with Gasteiger partial charge in [-0.3, -0.25) is 4.79 Å². The molecule has 0 aromatic heterocycles. The van der Waals surface area contributed by atoms with Gasteiger partial charge < -0.3 is 14.2 Å². The number of hydrogen-bond donors (Lipinski definition) is 0. The quantitative estimate of drug-likeness (QED) is 0.776. The molecule has 1 aromatic rings. The second kappa shape index (κ2) is 3.73. The molecule has 80 valence electrons. The summed E-state index contributed by atoms with van der Waals surface area (Å²) >= 11 is 3.33. The molecule has 0 radical (unpaired) electrons. The van der Waals surface area contributed by atoms with Crippen molar-refractivity contribution in [1.82, 2.24) is 0 Å². The van der Waals surface area contributed by atoms with Crippen molar-refractivity contribution in [2.24, 2.45) is 0 Å². The first-order valence-electron chi connectivity index (χ1n) is 4.32. The lowest BCUT2D eigenvalue weighted by Gasteiger charge is -2.10. The summed E-state index contributed by atoms with van der Waals surface area (Å²) in [5.41, 5.74) is 0.480. The molecule has 1 aliphatic rings. The molecule has 4 nitrogen and oxygen atoms in total. The number of rotatable bonds is 2. The molecule has 0 saturated carbocycles. The SMILES string of the molecule is COc1c(C(C)=O)cc2c(c1Br)OCO2. The van der Waals surface area contributed by atoms with Crippen molar-refractivity contribution >= 4 is 21.7 Å². The molecule has 5 heteroatoms. The molecule has 15 heavy (non-hydrogen) atoms. The Bertz CT molecular complexity index is 428. The molecule has 1 aromatic carbocycles. The molecule has 0 amide bonds. The lowest BCUT2D eigenvalue weighted by atomic mass is 10.1. The van der Waals surface area contributed by atoms with Crippen LogP contribution in [0.1, 0.15) is 17.3 Å². The molecule has 0 unspecified atom stereocenters. The predicted octanol–water partition coefficient (Wildman–Crippen LogP) is 2.39. The fourth-order valence-corrected chi connectivity index (χ4v) is 2.13. The van der Waals surface area contributed by atoms with Gasteiger partial charge in [0, 0.05) is 0 Å². The summed E-state index contributed by atoms with van der Waals surface area (Å²) < 4.78 is 16.2. The first-order chi connectivity index (χ1) is 7.15. The Hall–Kier alpha value is -1.23. The molecular formula is C10H9BrO4. The molecule has 2 rings (SSSR count). The van der Waals surface area contributed by atoms with E-state index in [4.69, 9.17) is 14.2 Å². The van der Waals surface area contributed by atoms with Gasteiger partial charge in [0.25, 0.3) is 0 Å². The minimum absolute atomic E-state index is 0.0779. The average molecular weight is 273 g/mol. The molecule has 0 fully saturated rings. The molecular weight excluding hydrogens is 264 g/mol. The highest BCUT2D eigenvalue weighted by molar-refractivity contribution is 9.10. The van der Waals surface area contributed by atoms with Crippen LogP contribution in [-0.2, 0) is 0 Å². The van der Waals surface area contributed by atoms with Crippen molar-refractivity contribution < 1.29 is 19.0 Å². The Morgan fingerprint density at radius 2 is 2.27 bits per heavy atom. The van der Waals surface area contributed by atoms with Crippen molar-refractivity contribution in [2.45, 2.75) is 6.92 Å². The number of benzene rings is 1. The Labute approximate surface area is 95.3 Å². The first kappa shape index (κ1) is 10.3. The molecule has 0 spiro atoms. The van der Waals surface area contributed by atoms with Gasteiger partial charge in [0.1, 0.15) is 10.2 Å². The van der Waals surface area contributed by atoms with Crippen LogP contribution >= 0.6 is 15.9 Å². The second-order valence-electron chi connectivity index (χ2n) is 3.06. The van der Waals surface area contributed by atoms with E-state index in [0.717, 1.165) is 0 Å². The highest BCUT2D eigenvalue weighted by Gasteiger charge is 2.25. The molecule has 0 saturated heterocycles. The maximum Gasteiger partial charge on any atom is 0.231 e. The van der Waals surface area contributed by atoms with Crippen LogP contribution in [0.2, 0.25) is 0 Å². The van der Waals surface area contributed by atoms with Crippen molar-refractivity contribution in [3.8, 4) is 17.2 Å². The van der Waals surface area contributed by atoms with E-state index in [1.165, 1.54) is 14.0 Å². The van der Waals surface area contributed by atoms with E-state index >= 15 is 0 Å². The average Bonchev–Trinajstić information content (AvgIpc) is 2.65. The molecule has 0 N–H and O–H groups in total. The number of hydrogen-bond acceptors (Lipinski definition) is 4. The zero-order chi connectivity index (χ0) is 11.0. The zero-order valence-electron chi connectivity index (χ0n) is 8.30. The van der Waals surface area contributed by atoms with Crippen LogP contribution in [0.3, 0.4) is 0 Å². The fraction of sp³-hybridized carbons (Fsp3) is 0.300. The molecule has 0 bridgehead atoms. The highest BCUT2D eigenvalue weighted by Crippen LogP contribution is 2.46. The first-order valence-corrected chi connectivity index (χ1v) is 5.11. The Morgan fingerprint density at radius 3 is 2.87 bits per heavy atom. The number of carbonyl (C=O) groups is 1.